The highest BCUT2D eigenvalue weighted by Gasteiger charge is 2.26. The predicted molar refractivity (Wildman–Crippen MR) is 129 cm³/mol. The van der Waals surface area contributed by atoms with E-state index in [2.05, 4.69) is 16.0 Å². The first kappa shape index (κ1) is 26.6. The highest BCUT2D eigenvalue weighted by molar-refractivity contribution is 6.34. The molecule has 182 valence electrons. The number of hydrogen-bond acceptors (Lipinski definition) is 6. The Morgan fingerprint density at radius 1 is 1.03 bits per heavy atom. The summed E-state index contributed by atoms with van der Waals surface area (Å²) in [5.74, 6) is -1.22. The maximum absolute atomic E-state index is 12.9. The molecule has 0 aliphatic rings. The van der Waals surface area contributed by atoms with Crippen molar-refractivity contribution >= 4 is 46.6 Å². The van der Waals surface area contributed by atoms with Gasteiger partial charge in [-0.1, -0.05) is 45.4 Å². The normalized spacial score (nSPS) is 11.6. The van der Waals surface area contributed by atoms with Crippen LogP contribution in [0.25, 0.3) is 0 Å². The second kappa shape index (κ2) is 12.0. The quantitative estimate of drug-likeness (QED) is 0.339. The van der Waals surface area contributed by atoms with Crippen molar-refractivity contribution in [3.05, 3.63) is 63.2 Å². The minimum Gasteiger partial charge on any atom is -0.449 e. The van der Waals surface area contributed by atoms with E-state index in [4.69, 9.17) is 16.3 Å². The number of nitrogens with one attached hydrogen (secondary N) is 3. The molecule has 34 heavy (non-hydrogen) atoms. The van der Waals surface area contributed by atoms with Crippen LogP contribution in [-0.4, -0.2) is 35.5 Å². The van der Waals surface area contributed by atoms with Crippen LogP contribution in [0.2, 0.25) is 5.02 Å². The van der Waals surface area contributed by atoms with Gasteiger partial charge in [0.2, 0.25) is 5.91 Å². The third-order valence-electron chi connectivity index (χ3n) is 4.57. The molecule has 0 fully saturated rings. The van der Waals surface area contributed by atoms with E-state index >= 15 is 0 Å². The molecule has 11 heteroatoms. The minimum absolute atomic E-state index is 0.0109. The van der Waals surface area contributed by atoms with Crippen LogP contribution in [0.4, 0.5) is 21.9 Å². The van der Waals surface area contributed by atoms with Crippen molar-refractivity contribution in [1.82, 2.24) is 5.32 Å². The summed E-state index contributed by atoms with van der Waals surface area (Å²) in [4.78, 5) is 47.7. The fourth-order valence-corrected chi connectivity index (χ4v) is 3.11. The van der Waals surface area contributed by atoms with E-state index in [-0.39, 0.29) is 34.7 Å². The van der Waals surface area contributed by atoms with Gasteiger partial charge in [-0.25, -0.2) is 4.79 Å². The van der Waals surface area contributed by atoms with Crippen LogP contribution in [-0.2, 0) is 9.53 Å². The standard InChI is InChI=1S/C23H27ClN4O6/c1-13(2)12-34-23(31)26-16-7-5-6-15(10-16)25-22(30)20(14(3)4)27-21(29)18-9-8-17(28(32)33)11-19(18)24/h5-11,13-14,20H,12H2,1-4H3,(H,25,30)(H,26,31)(H,27,29). The number of ether oxygens (including phenoxy) is 1. The molecule has 0 aromatic heterocycles. The van der Waals surface area contributed by atoms with Crippen molar-refractivity contribution in [3.63, 3.8) is 0 Å². The second-order valence-electron chi connectivity index (χ2n) is 8.30. The van der Waals surface area contributed by atoms with Crippen molar-refractivity contribution < 1.29 is 24.0 Å². The zero-order valence-corrected chi connectivity index (χ0v) is 20.0. The Labute approximate surface area is 202 Å². The summed E-state index contributed by atoms with van der Waals surface area (Å²) in [5, 5.41) is 18.7. The Morgan fingerprint density at radius 3 is 2.24 bits per heavy atom. The number of nitro groups is 1. The number of nitro benzene ring substituents is 1. The van der Waals surface area contributed by atoms with Crippen LogP contribution in [0.1, 0.15) is 38.1 Å². The van der Waals surface area contributed by atoms with Gasteiger partial charge >= 0.3 is 6.09 Å². The molecule has 3 N–H and O–H groups in total. The molecule has 1 atom stereocenters. The van der Waals surface area contributed by atoms with E-state index in [0.29, 0.717) is 11.4 Å². The largest absolute Gasteiger partial charge is 0.449 e. The van der Waals surface area contributed by atoms with Crippen molar-refractivity contribution in [3.8, 4) is 0 Å². The van der Waals surface area contributed by atoms with Crippen molar-refractivity contribution in [1.29, 1.82) is 0 Å². The highest BCUT2D eigenvalue weighted by Crippen LogP contribution is 2.23. The summed E-state index contributed by atoms with van der Waals surface area (Å²) in [5.41, 5.74) is 0.590. The van der Waals surface area contributed by atoms with E-state index < -0.39 is 28.9 Å². The molecule has 10 nitrogen and oxygen atoms in total. The van der Waals surface area contributed by atoms with E-state index in [1.54, 1.807) is 38.1 Å². The average molecular weight is 491 g/mol. The van der Waals surface area contributed by atoms with Gasteiger partial charge in [0.15, 0.2) is 0 Å². The molecule has 0 saturated carbocycles. The zero-order valence-electron chi connectivity index (χ0n) is 19.3. The van der Waals surface area contributed by atoms with Crippen LogP contribution >= 0.6 is 11.6 Å². The first-order valence-electron chi connectivity index (χ1n) is 10.6. The number of amides is 3. The van der Waals surface area contributed by atoms with E-state index in [1.807, 2.05) is 13.8 Å². The molecule has 0 bridgehead atoms. The number of carbonyl (C=O) groups excluding carboxylic acids is 3. The smallest absolute Gasteiger partial charge is 0.411 e. The molecule has 2 rings (SSSR count). The Bertz CT molecular complexity index is 1070. The maximum atomic E-state index is 12.9. The zero-order chi connectivity index (χ0) is 25.4. The number of halogens is 1. The molecule has 0 spiro atoms. The van der Waals surface area contributed by atoms with E-state index in [1.165, 1.54) is 6.07 Å². The summed E-state index contributed by atoms with van der Waals surface area (Å²) in [7, 11) is 0. The lowest BCUT2D eigenvalue weighted by molar-refractivity contribution is -0.384. The lowest BCUT2D eigenvalue weighted by Crippen LogP contribution is -2.47. The molecule has 0 radical (unpaired) electrons. The first-order valence-corrected chi connectivity index (χ1v) is 10.9. The molecule has 0 aliphatic carbocycles. The van der Waals surface area contributed by atoms with Crippen LogP contribution in [0.15, 0.2) is 42.5 Å². The van der Waals surface area contributed by atoms with Gasteiger partial charge in [0.25, 0.3) is 11.6 Å². The molecular formula is C23H27ClN4O6. The van der Waals surface area contributed by atoms with Crippen molar-refractivity contribution in [2.24, 2.45) is 11.8 Å². The minimum atomic E-state index is -0.925. The Morgan fingerprint density at radius 2 is 1.68 bits per heavy atom. The van der Waals surface area contributed by atoms with Crippen LogP contribution in [0.3, 0.4) is 0 Å². The SMILES string of the molecule is CC(C)COC(=O)Nc1cccc(NC(=O)C(NC(=O)c2ccc([N+](=O)[O-])cc2Cl)C(C)C)c1. The Kier molecular flexibility index (Phi) is 9.37. The number of carbonyl (C=O) groups is 3. The highest BCUT2D eigenvalue weighted by atomic mass is 35.5. The van der Waals surface area contributed by atoms with E-state index in [9.17, 15) is 24.5 Å². The molecular weight excluding hydrogens is 464 g/mol. The van der Waals surface area contributed by atoms with Gasteiger partial charge in [-0.3, -0.25) is 25.0 Å². The number of anilines is 2. The Hall–Kier alpha value is -3.66. The van der Waals surface area contributed by atoms with Gasteiger partial charge in [-0.2, -0.15) is 0 Å². The molecule has 3 amide bonds. The van der Waals surface area contributed by atoms with Gasteiger partial charge in [0, 0.05) is 23.5 Å². The van der Waals surface area contributed by atoms with Crippen LogP contribution < -0.4 is 16.0 Å². The summed E-state index contributed by atoms with van der Waals surface area (Å²) in [6.45, 7) is 7.62. The molecule has 2 aromatic carbocycles. The van der Waals surface area contributed by atoms with Crippen molar-refractivity contribution in [2.45, 2.75) is 33.7 Å². The third kappa shape index (κ3) is 7.73. The van der Waals surface area contributed by atoms with Crippen molar-refractivity contribution in [2.75, 3.05) is 17.2 Å². The van der Waals surface area contributed by atoms with Gasteiger partial charge in [0.1, 0.15) is 6.04 Å². The molecule has 0 heterocycles. The van der Waals surface area contributed by atoms with Crippen LogP contribution in [0, 0.1) is 22.0 Å². The summed E-state index contributed by atoms with van der Waals surface area (Å²) >= 11 is 6.03. The number of non-ortho nitro benzene ring substituents is 1. The molecule has 0 aliphatic heterocycles. The second-order valence-corrected chi connectivity index (χ2v) is 8.71. The summed E-state index contributed by atoms with van der Waals surface area (Å²) < 4.78 is 5.08. The molecule has 1 unspecified atom stereocenters. The lowest BCUT2D eigenvalue weighted by Gasteiger charge is -2.22. The average Bonchev–Trinajstić information content (AvgIpc) is 2.75. The van der Waals surface area contributed by atoms with Crippen LogP contribution in [0.5, 0.6) is 0 Å². The Balaban J connectivity index is 2.08. The number of hydrogen-bond donors (Lipinski definition) is 3. The number of rotatable bonds is 9. The number of benzene rings is 2. The van der Waals surface area contributed by atoms with Gasteiger partial charge < -0.3 is 15.4 Å². The monoisotopic (exact) mass is 490 g/mol. The third-order valence-corrected chi connectivity index (χ3v) is 4.88. The maximum Gasteiger partial charge on any atom is 0.411 e. The first-order chi connectivity index (χ1) is 16.0. The summed E-state index contributed by atoms with van der Waals surface area (Å²) in [6.07, 6.45) is -0.607. The lowest BCUT2D eigenvalue weighted by atomic mass is 10.0. The van der Waals surface area contributed by atoms with E-state index in [0.717, 1.165) is 12.1 Å². The molecule has 0 saturated heterocycles. The van der Waals surface area contributed by atoms with Gasteiger partial charge in [-0.05, 0) is 36.1 Å². The molecule has 2 aromatic rings. The number of nitrogens with zero attached hydrogens (tertiary/aromatic N) is 1. The van der Waals surface area contributed by atoms with Gasteiger partial charge in [0.05, 0.1) is 22.1 Å². The fourth-order valence-electron chi connectivity index (χ4n) is 2.85. The van der Waals surface area contributed by atoms with Gasteiger partial charge in [-0.15, -0.1) is 0 Å². The summed E-state index contributed by atoms with van der Waals surface area (Å²) in [6, 6.07) is 9.03. The predicted octanol–water partition coefficient (Wildman–Crippen LogP) is 4.85. The topological polar surface area (TPSA) is 140 Å². The fraction of sp³-hybridized carbons (Fsp3) is 0.348.